The molecule has 0 fully saturated rings. The van der Waals surface area contributed by atoms with Gasteiger partial charge in [0.05, 0.1) is 4.92 Å². The summed E-state index contributed by atoms with van der Waals surface area (Å²) in [6.07, 6.45) is 3.77. The predicted molar refractivity (Wildman–Crippen MR) is 112 cm³/mol. The van der Waals surface area contributed by atoms with Crippen LogP contribution in [0.5, 0.6) is 0 Å². The van der Waals surface area contributed by atoms with E-state index >= 15 is 0 Å². The van der Waals surface area contributed by atoms with E-state index in [-0.39, 0.29) is 10.8 Å². The molecule has 0 spiro atoms. The van der Waals surface area contributed by atoms with Crippen molar-refractivity contribution >= 4 is 40.7 Å². The molecule has 0 aromatic heterocycles. The van der Waals surface area contributed by atoms with Crippen LogP contribution < -0.4 is 10.6 Å². The maximum atomic E-state index is 12.1. The molecule has 0 aliphatic rings. The lowest BCUT2D eigenvalue weighted by atomic mass is 9.97. The Labute approximate surface area is 163 Å². The molecule has 2 N–H and O–H groups in total. The van der Waals surface area contributed by atoms with Crippen LogP contribution in [0.3, 0.4) is 0 Å². The molecule has 1 amide bonds. The lowest BCUT2D eigenvalue weighted by Crippen LogP contribution is -2.33. The highest BCUT2D eigenvalue weighted by molar-refractivity contribution is 7.80. The number of carbonyl (C=O) groups excluding carboxylic acids is 1. The fourth-order valence-corrected chi connectivity index (χ4v) is 2.69. The van der Waals surface area contributed by atoms with Crippen LogP contribution in [0.25, 0.3) is 6.08 Å². The van der Waals surface area contributed by atoms with E-state index in [2.05, 4.69) is 24.5 Å². The SMILES string of the molecule is CCC(C)c1ccccc1NC(=S)NC(=O)C=Cc1cccc([N+](=O)[O-])c1. The largest absolute Gasteiger partial charge is 0.332 e. The molecular formula is C20H21N3O3S. The standard InChI is InChI=1S/C20H21N3O3S/c1-3-14(2)17-9-4-5-10-18(17)21-20(27)22-19(24)12-11-15-7-6-8-16(13-15)23(25)26/h4-14H,3H2,1-2H3,(H2,21,22,24,27). The van der Waals surface area contributed by atoms with Gasteiger partial charge in [0, 0.05) is 23.9 Å². The van der Waals surface area contributed by atoms with Crippen LogP contribution in [0.15, 0.2) is 54.6 Å². The normalized spacial score (nSPS) is 11.8. The molecule has 0 aliphatic carbocycles. The van der Waals surface area contributed by atoms with Crippen LogP contribution in [-0.4, -0.2) is 15.9 Å². The summed E-state index contributed by atoms with van der Waals surface area (Å²) in [5.74, 6) is -0.0546. The second-order valence-electron chi connectivity index (χ2n) is 6.03. The van der Waals surface area contributed by atoms with Crippen LogP contribution in [0, 0.1) is 10.1 Å². The number of non-ortho nitro benzene ring substituents is 1. The Morgan fingerprint density at radius 3 is 2.70 bits per heavy atom. The van der Waals surface area contributed by atoms with Crippen molar-refractivity contribution < 1.29 is 9.72 Å². The van der Waals surface area contributed by atoms with E-state index in [1.54, 1.807) is 12.1 Å². The average Bonchev–Trinajstić information content (AvgIpc) is 2.66. The first-order valence-electron chi connectivity index (χ1n) is 8.54. The number of nitrogens with zero attached hydrogens (tertiary/aromatic N) is 1. The molecule has 2 rings (SSSR count). The van der Waals surface area contributed by atoms with Crippen molar-refractivity contribution in [3.05, 3.63) is 75.8 Å². The van der Waals surface area contributed by atoms with Crippen molar-refractivity contribution in [3.8, 4) is 0 Å². The Hall–Kier alpha value is -3.06. The van der Waals surface area contributed by atoms with Gasteiger partial charge in [0.2, 0.25) is 5.91 Å². The summed E-state index contributed by atoms with van der Waals surface area (Å²) in [7, 11) is 0. The number of hydrogen-bond acceptors (Lipinski definition) is 4. The van der Waals surface area contributed by atoms with Gasteiger partial charge in [0.15, 0.2) is 5.11 Å². The molecule has 1 unspecified atom stereocenters. The number of para-hydroxylation sites is 1. The molecule has 0 aliphatic heterocycles. The number of carbonyl (C=O) groups is 1. The summed E-state index contributed by atoms with van der Waals surface area (Å²) in [4.78, 5) is 22.4. The van der Waals surface area contributed by atoms with Gasteiger partial charge in [-0.25, -0.2) is 0 Å². The first-order valence-corrected chi connectivity index (χ1v) is 8.95. The van der Waals surface area contributed by atoms with Crippen molar-refractivity contribution in [2.75, 3.05) is 5.32 Å². The zero-order chi connectivity index (χ0) is 19.8. The molecule has 1 atom stereocenters. The highest BCUT2D eigenvalue weighted by Crippen LogP contribution is 2.26. The lowest BCUT2D eigenvalue weighted by Gasteiger charge is -2.16. The summed E-state index contributed by atoms with van der Waals surface area (Å²) in [5.41, 5.74) is 2.51. The van der Waals surface area contributed by atoms with Gasteiger partial charge in [-0.3, -0.25) is 20.2 Å². The van der Waals surface area contributed by atoms with Gasteiger partial charge in [0.25, 0.3) is 5.69 Å². The Bertz CT molecular complexity index is 880. The second kappa shape index (κ2) is 9.59. The third-order valence-corrected chi connectivity index (χ3v) is 4.30. The number of nitro groups is 1. The molecule has 0 heterocycles. The minimum absolute atomic E-state index is 0.0311. The van der Waals surface area contributed by atoms with Gasteiger partial charge in [-0.15, -0.1) is 0 Å². The molecule has 27 heavy (non-hydrogen) atoms. The molecule has 0 radical (unpaired) electrons. The van der Waals surface area contributed by atoms with E-state index < -0.39 is 10.8 Å². The van der Waals surface area contributed by atoms with Crippen molar-refractivity contribution in [3.63, 3.8) is 0 Å². The zero-order valence-electron chi connectivity index (χ0n) is 15.1. The van der Waals surface area contributed by atoms with E-state index in [4.69, 9.17) is 12.2 Å². The maximum Gasteiger partial charge on any atom is 0.270 e. The van der Waals surface area contributed by atoms with Crippen molar-refractivity contribution in [2.24, 2.45) is 0 Å². The summed E-state index contributed by atoms with van der Waals surface area (Å²) < 4.78 is 0. The number of thiocarbonyl (C=S) groups is 1. The lowest BCUT2D eigenvalue weighted by molar-refractivity contribution is -0.384. The molecule has 0 saturated carbocycles. The van der Waals surface area contributed by atoms with E-state index in [1.165, 1.54) is 24.3 Å². The minimum Gasteiger partial charge on any atom is -0.332 e. The molecular weight excluding hydrogens is 362 g/mol. The average molecular weight is 383 g/mol. The van der Waals surface area contributed by atoms with Gasteiger partial charge in [-0.2, -0.15) is 0 Å². The number of nitrogens with one attached hydrogen (secondary N) is 2. The van der Waals surface area contributed by atoms with Crippen LogP contribution >= 0.6 is 12.2 Å². The third-order valence-electron chi connectivity index (χ3n) is 4.10. The van der Waals surface area contributed by atoms with E-state index in [1.807, 2.05) is 24.3 Å². The van der Waals surface area contributed by atoms with Crippen molar-refractivity contribution in [2.45, 2.75) is 26.2 Å². The number of rotatable bonds is 6. The number of benzene rings is 2. The number of amides is 1. The van der Waals surface area contributed by atoms with Crippen LogP contribution in [0.2, 0.25) is 0 Å². The molecule has 6 nitrogen and oxygen atoms in total. The fourth-order valence-electron chi connectivity index (χ4n) is 2.48. The topological polar surface area (TPSA) is 84.3 Å². The Morgan fingerprint density at radius 2 is 2.00 bits per heavy atom. The monoisotopic (exact) mass is 383 g/mol. The summed E-state index contributed by atoms with van der Waals surface area (Å²) in [6.45, 7) is 4.24. The smallest absolute Gasteiger partial charge is 0.270 e. The van der Waals surface area contributed by atoms with Crippen LogP contribution in [0.1, 0.15) is 37.3 Å². The summed E-state index contributed by atoms with van der Waals surface area (Å²) >= 11 is 5.21. The van der Waals surface area contributed by atoms with Gasteiger partial charge in [-0.05, 0) is 47.8 Å². The van der Waals surface area contributed by atoms with E-state index in [0.717, 1.165) is 17.7 Å². The van der Waals surface area contributed by atoms with Crippen molar-refractivity contribution in [1.82, 2.24) is 5.32 Å². The van der Waals surface area contributed by atoms with Crippen LogP contribution in [-0.2, 0) is 4.79 Å². The number of anilines is 1. The molecule has 140 valence electrons. The van der Waals surface area contributed by atoms with E-state index in [9.17, 15) is 14.9 Å². The quantitative estimate of drug-likeness (QED) is 0.329. The molecule has 2 aromatic rings. The minimum atomic E-state index is -0.481. The first-order chi connectivity index (χ1) is 12.9. The fraction of sp³-hybridized carbons (Fsp3) is 0.200. The highest BCUT2D eigenvalue weighted by atomic mass is 32.1. The zero-order valence-corrected chi connectivity index (χ0v) is 16.0. The third kappa shape index (κ3) is 6.00. The van der Waals surface area contributed by atoms with Gasteiger partial charge in [0.1, 0.15) is 0 Å². The second-order valence-corrected chi connectivity index (χ2v) is 6.43. The van der Waals surface area contributed by atoms with Crippen LogP contribution in [0.4, 0.5) is 11.4 Å². The molecule has 7 heteroatoms. The molecule has 2 aromatic carbocycles. The molecule has 0 saturated heterocycles. The summed E-state index contributed by atoms with van der Waals surface area (Å²) in [6, 6.07) is 13.8. The first kappa shape index (κ1) is 20.3. The Morgan fingerprint density at radius 1 is 1.26 bits per heavy atom. The highest BCUT2D eigenvalue weighted by Gasteiger charge is 2.10. The number of hydrogen-bond donors (Lipinski definition) is 2. The summed E-state index contributed by atoms with van der Waals surface area (Å²) in [5, 5.41) is 16.6. The Kier molecular flexibility index (Phi) is 7.19. The van der Waals surface area contributed by atoms with Gasteiger partial charge >= 0.3 is 0 Å². The number of nitro benzene ring substituents is 1. The van der Waals surface area contributed by atoms with Gasteiger partial charge in [-0.1, -0.05) is 44.2 Å². The predicted octanol–water partition coefficient (Wildman–Crippen LogP) is 4.63. The Balaban J connectivity index is 1.99. The molecule has 0 bridgehead atoms. The van der Waals surface area contributed by atoms with Crippen molar-refractivity contribution in [1.29, 1.82) is 0 Å². The van der Waals surface area contributed by atoms with Gasteiger partial charge < -0.3 is 5.32 Å². The maximum absolute atomic E-state index is 12.1. The van der Waals surface area contributed by atoms with E-state index in [0.29, 0.717) is 11.5 Å².